The van der Waals surface area contributed by atoms with Gasteiger partial charge in [-0.15, -0.1) is 0 Å². The van der Waals surface area contributed by atoms with E-state index in [1.165, 1.54) is 28.9 Å². The normalized spacial score (nSPS) is 11.8. The van der Waals surface area contributed by atoms with Gasteiger partial charge in [0, 0.05) is 31.3 Å². The number of hydrogen-bond acceptors (Lipinski definition) is 5. The second kappa shape index (κ2) is 7.77. The first-order valence-corrected chi connectivity index (χ1v) is 11.5. The number of rotatable bonds is 5. The minimum atomic E-state index is -3.80. The Labute approximate surface area is 188 Å². The molecule has 160 valence electrons. The summed E-state index contributed by atoms with van der Waals surface area (Å²) in [6.07, 6.45) is 7.96. The molecule has 8 nitrogen and oxygen atoms in total. The van der Waals surface area contributed by atoms with Crippen molar-refractivity contribution < 1.29 is 13.2 Å². The van der Waals surface area contributed by atoms with E-state index in [1.807, 2.05) is 0 Å². The fourth-order valence-corrected chi connectivity index (χ4v) is 4.87. The third kappa shape index (κ3) is 3.61. The van der Waals surface area contributed by atoms with Crippen molar-refractivity contribution in [1.82, 2.24) is 24.1 Å². The predicted molar refractivity (Wildman–Crippen MR) is 118 cm³/mol. The van der Waals surface area contributed by atoms with Gasteiger partial charge >= 0.3 is 0 Å². The van der Waals surface area contributed by atoms with Crippen molar-refractivity contribution in [2.75, 3.05) is 0 Å². The Balaban J connectivity index is 1.33. The van der Waals surface area contributed by atoms with E-state index in [9.17, 15) is 13.2 Å². The highest BCUT2D eigenvalue weighted by Crippen LogP contribution is 2.23. The molecule has 5 aromatic rings. The third-order valence-corrected chi connectivity index (χ3v) is 7.02. The van der Waals surface area contributed by atoms with Crippen LogP contribution in [-0.4, -0.2) is 33.1 Å². The maximum absolute atomic E-state index is 13.1. The Bertz CT molecular complexity index is 1570. The summed E-state index contributed by atoms with van der Waals surface area (Å²) in [5.74, 6) is -0.236. The maximum atomic E-state index is 13.1. The summed E-state index contributed by atoms with van der Waals surface area (Å²) in [7, 11) is -3.80. The SMILES string of the molecule is O=C(NCc1ccc(S(=O)(=O)c2cnc3ccc(Cl)cn23)cc1)c1ccc2nccn2c1. The topological polar surface area (TPSA) is 97.8 Å². The van der Waals surface area contributed by atoms with Gasteiger partial charge in [-0.25, -0.2) is 18.4 Å². The number of imidazole rings is 2. The quantitative estimate of drug-likeness (QED) is 0.429. The molecule has 32 heavy (non-hydrogen) atoms. The minimum Gasteiger partial charge on any atom is -0.348 e. The van der Waals surface area contributed by atoms with Gasteiger partial charge in [-0.1, -0.05) is 23.7 Å². The van der Waals surface area contributed by atoms with Gasteiger partial charge in [0.2, 0.25) is 9.84 Å². The number of aromatic nitrogens is 4. The van der Waals surface area contributed by atoms with Crippen LogP contribution in [0.15, 0.2) is 89.4 Å². The average Bonchev–Trinajstić information content (AvgIpc) is 3.44. The molecule has 1 aromatic carbocycles. The molecule has 4 aromatic heterocycles. The molecule has 0 saturated carbocycles. The largest absolute Gasteiger partial charge is 0.348 e. The molecular formula is C22H16ClN5O3S. The van der Waals surface area contributed by atoms with Crippen molar-refractivity contribution >= 4 is 38.6 Å². The third-order valence-electron chi connectivity index (χ3n) is 5.05. The average molecular weight is 466 g/mol. The lowest BCUT2D eigenvalue weighted by Gasteiger charge is -2.08. The molecular weight excluding hydrogens is 450 g/mol. The summed E-state index contributed by atoms with van der Waals surface area (Å²) >= 11 is 6.01. The van der Waals surface area contributed by atoms with Gasteiger partial charge in [-0.2, -0.15) is 0 Å². The van der Waals surface area contributed by atoms with Gasteiger partial charge in [0.25, 0.3) is 5.91 Å². The van der Waals surface area contributed by atoms with E-state index in [-0.39, 0.29) is 22.4 Å². The Kier molecular flexibility index (Phi) is 4.91. The number of nitrogens with one attached hydrogen (secondary N) is 1. The number of nitrogens with zero attached hydrogens (tertiary/aromatic N) is 4. The molecule has 0 fully saturated rings. The zero-order valence-corrected chi connectivity index (χ0v) is 18.1. The first-order valence-electron chi connectivity index (χ1n) is 9.59. The highest BCUT2D eigenvalue weighted by molar-refractivity contribution is 7.91. The van der Waals surface area contributed by atoms with E-state index in [2.05, 4.69) is 15.3 Å². The number of carbonyl (C=O) groups is 1. The summed E-state index contributed by atoms with van der Waals surface area (Å²) in [4.78, 5) is 20.9. The monoisotopic (exact) mass is 465 g/mol. The van der Waals surface area contributed by atoms with E-state index >= 15 is 0 Å². The molecule has 0 radical (unpaired) electrons. The van der Waals surface area contributed by atoms with Crippen molar-refractivity contribution in [1.29, 1.82) is 0 Å². The van der Waals surface area contributed by atoms with Crippen LogP contribution in [0.4, 0.5) is 0 Å². The van der Waals surface area contributed by atoms with E-state index in [4.69, 9.17) is 11.6 Å². The fraction of sp³-hybridized carbons (Fsp3) is 0.0455. The van der Waals surface area contributed by atoms with Crippen LogP contribution in [0.3, 0.4) is 0 Å². The van der Waals surface area contributed by atoms with Gasteiger partial charge in [0.05, 0.1) is 21.7 Å². The zero-order chi connectivity index (χ0) is 22.3. The molecule has 0 saturated heterocycles. The lowest BCUT2D eigenvalue weighted by Crippen LogP contribution is -2.23. The van der Waals surface area contributed by atoms with Crippen molar-refractivity contribution in [2.24, 2.45) is 0 Å². The molecule has 0 aliphatic rings. The zero-order valence-electron chi connectivity index (χ0n) is 16.5. The number of pyridine rings is 2. The second-order valence-corrected chi connectivity index (χ2v) is 9.45. The molecule has 10 heteroatoms. The smallest absolute Gasteiger partial charge is 0.253 e. The van der Waals surface area contributed by atoms with Gasteiger partial charge < -0.3 is 9.72 Å². The van der Waals surface area contributed by atoms with Crippen molar-refractivity contribution in [3.05, 3.63) is 95.7 Å². The first-order chi connectivity index (χ1) is 15.4. The van der Waals surface area contributed by atoms with E-state index in [0.717, 1.165) is 11.2 Å². The van der Waals surface area contributed by atoms with Crippen LogP contribution in [-0.2, 0) is 16.4 Å². The standard InChI is InChI=1S/C22H16ClN5O3S/c23-17-4-8-20-25-12-21(28(20)14-17)32(30,31)18-5-1-15(2-6-18)11-26-22(29)16-3-7-19-24-9-10-27(19)13-16/h1-10,12-14H,11H2,(H,26,29). The summed E-state index contributed by atoms with van der Waals surface area (Å²) in [5.41, 5.74) is 2.51. The van der Waals surface area contributed by atoms with Crippen LogP contribution in [0.5, 0.6) is 0 Å². The lowest BCUT2D eigenvalue weighted by atomic mass is 10.2. The van der Waals surface area contributed by atoms with E-state index < -0.39 is 9.84 Å². The number of benzene rings is 1. The van der Waals surface area contributed by atoms with Crippen LogP contribution < -0.4 is 5.32 Å². The maximum Gasteiger partial charge on any atom is 0.253 e. The second-order valence-electron chi connectivity index (χ2n) is 7.11. The number of fused-ring (bicyclic) bond motifs is 2. The van der Waals surface area contributed by atoms with Crippen LogP contribution >= 0.6 is 11.6 Å². The molecule has 4 heterocycles. The Hall–Kier alpha value is -3.69. The molecule has 0 atom stereocenters. The van der Waals surface area contributed by atoms with Gasteiger partial charge in [0.15, 0.2) is 5.03 Å². The molecule has 5 rings (SSSR count). The number of amides is 1. The summed E-state index contributed by atoms with van der Waals surface area (Å²) < 4.78 is 29.4. The van der Waals surface area contributed by atoms with Crippen LogP contribution in [0.1, 0.15) is 15.9 Å². The highest BCUT2D eigenvalue weighted by atomic mass is 35.5. The molecule has 1 amide bonds. The first kappa shape index (κ1) is 20.2. The molecule has 0 aliphatic carbocycles. The molecule has 1 N–H and O–H groups in total. The van der Waals surface area contributed by atoms with Gasteiger partial charge in [-0.05, 0) is 42.0 Å². The number of sulfone groups is 1. The highest BCUT2D eigenvalue weighted by Gasteiger charge is 2.22. The van der Waals surface area contributed by atoms with Gasteiger partial charge in [0.1, 0.15) is 11.3 Å². The Morgan fingerprint density at radius 3 is 2.56 bits per heavy atom. The lowest BCUT2D eigenvalue weighted by molar-refractivity contribution is 0.0950. The van der Waals surface area contributed by atoms with Crippen LogP contribution in [0, 0.1) is 0 Å². The van der Waals surface area contributed by atoms with Crippen LogP contribution in [0.2, 0.25) is 5.02 Å². The van der Waals surface area contributed by atoms with Crippen molar-refractivity contribution in [2.45, 2.75) is 16.5 Å². The molecule has 0 spiro atoms. The molecule has 0 unspecified atom stereocenters. The van der Waals surface area contributed by atoms with Crippen molar-refractivity contribution in [3.63, 3.8) is 0 Å². The molecule has 0 bridgehead atoms. The Morgan fingerprint density at radius 1 is 0.969 bits per heavy atom. The van der Waals surface area contributed by atoms with Crippen molar-refractivity contribution in [3.8, 4) is 0 Å². The van der Waals surface area contributed by atoms with Gasteiger partial charge in [-0.3, -0.25) is 9.20 Å². The van der Waals surface area contributed by atoms with E-state index in [0.29, 0.717) is 16.2 Å². The summed E-state index contributed by atoms with van der Waals surface area (Å²) in [6.45, 7) is 0.256. The Morgan fingerprint density at radius 2 is 1.75 bits per heavy atom. The fourth-order valence-electron chi connectivity index (χ4n) is 3.38. The minimum absolute atomic E-state index is 0.0333. The number of hydrogen-bond donors (Lipinski definition) is 1. The summed E-state index contributed by atoms with van der Waals surface area (Å²) in [5, 5.41) is 3.28. The molecule has 0 aliphatic heterocycles. The van der Waals surface area contributed by atoms with E-state index in [1.54, 1.807) is 59.4 Å². The van der Waals surface area contributed by atoms with Crippen LogP contribution in [0.25, 0.3) is 11.3 Å². The number of carbonyl (C=O) groups excluding carboxylic acids is 1. The summed E-state index contributed by atoms with van der Waals surface area (Å²) in [6, 6.07) is 13.1. The predicted octanol–water partition coefficient (Wildman–Crippen LogP) is 3.40. The number of halogens is 1.